The number of pyridine rings is 2. The number of H-pyrrole nitrogens is 2. The Morgan fingerprint density at radius 3 is 1.80 bits per heavy atom. The van der Waals surface area contributed by atoms with Gasteiger partial charge < -0.3 is 70.5 Å². The maximum atomic E-state index is 12.8. The Hall–Kier alpha value is -2.32. The van der Waals surface area contributed by atoms with Gasteiger partial charge >= 0.3 is 0 Å². The van der Waals surface area contributed by atoms with Crippen LogP contribution in [0.15, 0.2) is 22.0 Å². The molecule has 0 aliphatic carbocycles. The highest BCUT2D eigenvalue weighted by molar-refractivity contribution is 6.32. The first kappa shape index (κ1) is 32.2. The quantitative estimate of drug-likeness (QED) is 0.122. The van der Waals surface area contributed by atoms with Gasteiger partial charge in [-0.25, -0.2) is 0 Å². The highest BCUT2D eigenvalue weighted by atomic mass is 35.5. The first-order valence-electron chi connectivity index (χ1n) is 11.6. The third kappa shape index (κ3) is 6.13. The molecule has 1 saturated heterocycles. The van der Waals surface area contributed by atoms with Crippen molar-refractivity contribution in [3.63, 3.8) is 0 Å². The lowest BCUT2D eigenvalue weighted by Crippen LogP contribution is -2.61. The Bertz CT molecular complexity index is 1220. The Kier molecular flexibility index (Phi) is 10.6. The maximum Gasteiger partial charge on any atom is 0.255 e. The third-order valence-corrected chi connectivity index (χ3v) is 7.04. The zero-order valence-electron chi connectivity index (χ0n) is 20.2. The van der Waals surface area contributed by atoms with Crippen LogP contribution in [0.2, 0.25) is 10.0 Å². The van der Waals surface area contributed by atoms with Crippen LogP contribution in [0, 0.1) is 0 Å². The number of hydrogen-bond donors (Lipinski definition) is 12. The summed E-state index contributed by atoms with van der Waals surface area (Å²) in [4.78, 5) is 29.8. The number of aliphatic hydroxyl groups excluding tert-OH is 8. The smallest absolute Gasteiger partial charge is 0.255 e. The molecule has 1 fully saturated rings. The fraction of sp³-hybridized carbons (Fsp3) is 0.545. The Labute approximate surface area is 233 Å². The van der Waals surface area contributed by atoms with E-state index in [1.54, 1.807) is 0 Å². The van der Waals surface area contributed by atoms with Crippen LogP contribution in [0.1, 0.15) is 17.0 Å². The van der Waals surface area contributed by atoms with E-state index in [1.807, 2.05) is 0 Å². The van der Waals surface area contributed by atoms with Gasteiger partial charge in [0.15, 0.2) is 6.29 Å². The first-order chi connectivity index (χ1) is 18.8. The largest absolute Gasteiger partial charge is 0.506 e. The van der Waals surface area contributed by atoms with Gasteiger partial charge in [0.2, 0.25) is 0 Å². The normalized spacial score (nSPS) is 26.4. The number of halogens is 2. The second kappa shape index (κ2) is 13.1. The Balaban J connectivity index is 2.13. The van der Waals surface area contributed by atoms with Gasteiger partial charge in [-0.05, 0) is 0 Å². The molecule has 0 saturated carbocycles. The average Bonchev–Trinajstić information content (AvgIpc) is 2.93. The van der Waals surface area contributed by atoms with Crippen molar-refractivity contribution in [2.75, 3.05) is 13.2 Å². The Morgan fingerprint density at radius 2 is 1.35 bits per heavy atom. The molecule has 1 aliphatic heterocycles. The minimum absolute atomic E-state index is 0.469. The van der Waals surface area contributed by atoms with Gasteiger partial charge in [0.05, 0.1) is 46.4 Å². The molecule has 0 unspecified atom stereocenters. The molecule has 224 valence electrons. The topological polar surface area (TPSA) is 286 Å². The molecule has 2 aromatic heterocycles. The standard InChI is InChI=1S/C22H28Cl2N2O14/c23-5-1-25-20(37)10(12(5)30)9(11-13(31)6(24)2-26-21(11)38)15(33)17(35)19(7(29)3-27)40-22-18(36)16(34)14(32)8(4-28)39-22/h1-2,7-9,14-19,22,27-29,32-36H,3-4H2,(H2,25,30,37)(H2,26,31,38)/t7-,8-,14+,15+,16+,17-,18-,19-,22+/m1/s1. The molecule has 0 bridgehead atoms. The van der Waals surface area contributed by atoms with Gasteiger partial charge in [-0.2, -0.15) is 0 Å². The predicted octanol–water partition coefficient (Wildman–Crippen LogP) is -3.83. The van der Waals surface area contributed by atoms with Crippen molar-refractivity contribution in [1.82, 2.24) is 9.97 Å². The van der Waals surface area contributed by atoms with Crippen LogP contribution < -0.4 is 11.1 Å². The van der Waals surface area contributed by atoms with Gasteiger partial charge in [0, 0.05) is 12.4 Å². The maximum absolute atomic E-state index is 12.8. The van der Waals surface area contributed by atoms with Crippen molar-refractivity contribution >= 4 is 23.2 Å². The van der Waals surface area contributed by atoms with Crippen LogP contribution in [0.3, 0.4) is 0 Å². The van der Waals surface area contributed by atoms with E-state index in [2.05, 4.69) is 9.97 Å². The lowest BCUT2D eigenvalue weighted by molar-refractivity contribution is -0.327. The van der Waals surface area contributed by atoms with Crippen molar-refractivity contribution in [3.8, 4) is 11.5 Å². The monoisotopic (exact) mass is 614 g/mol. The molecular weight excluding hydrogens is 587 g/mol. The molecular formula is C22H28Cl2N2O14. The molecule has 18 heteroatoms. The molecule has 9 atom stereocenters. The summed E-state index contributed by atoms with van der Waals surface area (Å²) in [7, 11) is 0. The second-order valence-corrected chi connectivity index (χ2v) is 9.78. The van der Waals surface area contributed by atoms with Crippen LogP contribution in [0.25, 0.3) is 0 Å². The van der Waals surface area contributed by atoms with Crippen LogP contribution in [-0.4, -0.2) is 129 Å². The number of ether oxygens (including phenoxy) is 2. The summed E-state index contributed by atoms with van der Waals surface area (Å²) in [5.41, 5.74) is -3.92. The van der Waals surface area contributed by atoms with Crippen molar-refractivity contribution in [1.29, 1.82) is 0 Å². The fourth-order valence-electron chi connectivity index (χ4n) is 4.31. The van der Waals surface area contributed by atoms with Gasteiger partial charge in [0.1, 0.15) is 54.2 Å². The van der Waals surface area contributed by atoms with E-state index in [9.17, 15) is 60.7 Å². The zero-order valence-corrected chi connectivity index (χ0v) is 21.7. The van der Waals surface area contributed by atoms with E-state index in [4.69, 9.17) is 32.7 Å². The summed E-state index contributed by atoms with van der Waals surface area (Å²) in [6.07, 6.45) is -16.6. The molecule has 1 aliphatic rings. The Morgan fingerprint density at radius 1 is 0.850 bits per heavy atom. The van der Waals surface area contributed by atoms with Gasteiger partial charge in [-0.15, -0.1) is 0 Å². The molecule has 3 rings (SSSR count). The number of aromatic amines is 2. The molecule has 0 aromatic carbocycles. The lowest BCUT2D eigenvalue weighted by Gasteiger charge is -2.42. The number of aliphatic hydroxyl groups is 8. The van der Waals surface area contributed by atoms with Gasteiger partial charge in [0.25, 0.3) is 11.1 Å². The van der Waals surface area contributed by atoms with E-state index >= 15 is 0 Å². The summed E-state index contributed by atoms with van der Waals surface area (Å²) in [5.74, 6) is -4.06. The minimum atomic E-state index is -2.45. The fourth-order valence-corrected chi connectivity index (χ4v) is 4.63. The molecule has 0 spiro atoms. The van der Waals surface area contributed by atoms with E-state index in [1.165, 1.54) is 0 Å². The first-order valence-corrected chi connectivity index (χ1v) is 12.3. The second-order valence-electron chi connectivity index (χ2n) is 8.96. The number of aromatic nitrogens is 2. The molecule has 0 radical (unpaired) electrons. The SMILES string of the molecule is O=c1[nH]cc(Cl)c(O)c1C(c1c(O)c(Cl)c[nH]c1=O)[C@H](O)[C@@H](O)[C@H](O[C@@H]1O[C@H](CO)[C@H](O)[C@H](O)[C@H]1O)[C@H](O)CO. The molecule has 16 nitrogen and oxygen atoms in total. The van der Waals surface area contributed by atoms with Crippen molar-refractivity contribution < 1.29 is 60.5 Å². The van der Waals surface area contributed by atoms with Crippen LogP contribution in [0.4, 0.5) is 0 Å². The van der Waals surface area contributed by atoms with Crippen LogP contribution in [-0.2, 0) is 9.47 Å². The van der Waals surface area contributed by atoms with E-state index in [0.29, 0.717) is 0 Å². The number of aromatic hydroxyl groups is 2. The number of nitrogens with one attached hydrogen (secondary N) is 2. The van der Waals surface area contributed by atoms with Crippen molar-refractivity contribution in [3.05, 3.63) is 54.3 Å². The van der Waals surface area contributed by atoms with Crippen molar-refractivity contribution in [2.24, 2.45) is 0 Å². The molecule has 12 N–H and O–H groups in total. The minimum Gasteiger partial charge on any atom is -0.506 e. The summed E-state index contributed by atoms with van der Waals surface area (Å²) >= 11 is 11.8. The van der Waals surface area contributed by atoms with Gasteiger partial charge in [-0.3, -0.25) is 9.59 Å². The highest BCUT2D eigenvalue weighted by Crippen LogP contribution is 2.40. The predicted molar refractivity (Wildman–Crippen MR) is 133 cm³/mol. The molecule has 3 heterocycles. The highest BCUT2D eigenvalue weighted by Gasteiger charge is 2.48. The molecule has 2 aromatic rings. The van der Waals surface area contributed by atoms with Gasteiger partial charge in [-0.1, -0.05) is 23.2 Å². The van der Waals surface area contributed by atoms with Crippen LogP contribution in [0.5, 0.6) is 11.5 Å². The van der Waals surface area contributed by atoms with E-state index in [-0.39, 0.29) is 0 Å². The summed E-state index contributed by atoms with van der Waals surface area (Å²) in [6, 6.07) is 0. The summed E-state index contributed by atoms with van der Waals surface area (Å²) in [6.45, 7) is -2.00. The summed E-state index contributed by atoms with van der Waals surface area (Å²) < 4.78 is 10.5. The average molecular weight is 615 g/mol. The van der Waals surface area contributed by atoms with Crippen molar-refractivity contribution in [2.45, 2.75) is 61.0 Å². The number of rotatable bonds is 10. The summed E-state index contributed by atoms with van der Waals surface area (Å²) in [5, 5.41) is 102. The lowest BCUT2D eigenvalue weighted by atomic mass is 9.82. The zero-order chi connectivity index (χ0) is 30.0. The van der Waals surface area contributed by atoms with Crippen LogP contribution >= 0.6 is 23.2 Å². The van der Waals surface area contributed by atoms with E-state index in [0.717, 1.165) is 12.4 Å². The third-order valence-electron chi connectivity index (χ3n) is 6.47. The molecule has 40 heavy (non-hydrogen) atoms. The molecule has 0 amide bonds. The van der Waals surface area contributed by atoms with E-state index < -0.39 is 118 Å². The number of hydrogen-bond acceptors (Lipinski definition) is 14.